The van der Waals surface area contributed by atoms with E-state index in [0.717, 1.165) is 6.20 Å². The minimum atomic E-state index is -1.76. The first-order chi connectivity index (χ1) is 14.7. The number of hydrogen-bond donors (Lipinski definition) is 4. The van der Waals surface area contributed by atoms with E-state index in [-0.39, 0.29) is 21.9 Å². The van der Waals surface area contributed by atoms with Gasteiger partial charge in [0.25, 0.3) is 0 Å². The molecule has 1 aliphatic rings. The summed E-state index contributed by atoms with van der Waals surface area (Å²) in [4.78, 5) is 12.8. The minimum Gasteiger partial charge on any atom is -0.387 e. The highest BCUT2D eigenvalue weighted by molar-refractivity contribution is 6.42. The van der Waals surface area contributed by atoms with Gasteiger partial charge < -0.3 is 24.6 Å². The average Bonchev–Trinajstić information content (AvgIpc) is 3.22. The highest BCUT2D eigenvalue weighted by Gasteiger charge is 2.52. The number of rotatable bonds is 5. The predicted octanol–water partition coefficient (Wildman–Crippen LogP) is 2.38. The zero-order chi connectivity index (χ0) is 22.5. The lowest BCUT2D eigenvalue weighted by molar-refractivity contribution is -0.135. The number of hydrogen-bond acceptors (Lipinski definition) is 8. The average molecular weight is 473 g/mol. The van der Waals surface area contributed by atoms with Gasteiger partial charge in [0.1, 0.15) is 30.2 Å². The van der Waals surface area contributed by atoms with Crippen molar-refractivity contribution in [3.8, 4) is 0 Å². The summed E-state index contributed by atoms with van der Waals surface area (Å²) in [6.07, 6.45) is -3.27. The number of halogens is 3. The monoisotopic (exact) mass is 472 g/mol. The molecule has 1 saturated heterocycles. The molecule has 0 radical (unpaired) electrons. The van der Waals surface area contributed by atoms with Crippen LogP contribution in [0.2, 0.25) is 10.0 Å². The van der Waals surface area contributed by atoms with Gasteiger partial charge in [0.15, 0.2) is 23.5 Å². The number of nitrogens with zero attached hydrogens (tertiary/aromatic N) is 3. The van der Waals surface area contributed by atoms with E-state index in [2.05, 4.69) is 15.4 Å². The third-order valence-electron chi connectivity index (χ3n) is 5.33. The Morgan fingerprint density at radius 1 is 1.23 bits per heavy atom. The van der Waals surface area contributed by atoms with Crippen LogP contribution in [0.15, 0.2) is 30.7 Å². The van der Waals surface area contributed by atoms with Crippen molar-refractivity contribution in [3.63, 3.8) is 0 Å². The molecular formula is C19H19Cl2FN4O5. The van der Waals surface area contributed by atoms with Crippen LogP contribution in [0.4, 0.5) is 10.2 Å². The van der Waals surface area contributed by atoms with Gasteiger partial charge in [-0.15, -0.1) is 0 Å². The molecule has 0 amide bonds. The van der Waals surface area contributed by atoms with E-state index in [1.807, 2.05) is 0 Å². The molecule has 5 atom stereocenters. The lowest BCUT2D eigenvalue weighted by atomic mass is 9.87. The second kappa shape index (κ2) is 8.14. The number of nitrogens with one attached hydrogen (secondary N) is 1. The van der Waals surface area contributed by atoms with Crippen LogP contribution in [-0.4, -0.2) is 55.3 Å². The molecule has 0 saturated carbocycles. The molecule has 0 aliphatic carbocycles. The molecule has 12 heteroatoms. The summed E-state index contributed by atoms with van der Waals surface area (Å²) in [5, 5.41) is 33.0. The quantitative estimate of drug-likeness (QED) is 0.417. The standard InChI is InChI=1S/C19H19Cl2FN4O5/c1-19(29,8-3-4-9(20)10(21)5-8)15-13(27)14(28)18(31-15)26-6-11(22)12-16(25-30-2)23-7-24-17(12)26/h3-7,13-15,18,27-29H,1-2H3,(H,23,24,25). The van der Waals surface area contributed by atoms with Crippen LogP contribution in [-0.2, 0) is 15.2 Å². The van der Waals surface area contributed by atoms with Crippen LogP contribution in [0.5, 0.6) is 0 Å². The van der Waals surface area contributed by atoms with Crippen LogP contribution >= 0.6 is 23.2 Å². The lowest BCUT2D eigenvalue weighted by Gasteiger charge is -2.32. The van der Waals surface area contributed by atoms with Gasteiger partial charge >= 0.3 is 0 Å². The minimum absolute atomic E-state index is 0.00864. The van der Waals surface area contributed by atoms with Crippen LogP contribution in [0, 0.1) is 5.82 Å². The number of ether oxygens (including phenoxy) is 1. The first kappa shape index (κ1) is 22.2. The molecular weight excluding hydrogens is 454 g/mol. The second-order valence-electron chi connectivity index (χ2n) is 7.32. The summed E-state index contributed by atoms with van der Waals surface area (Å²) in [6, 6.07) is 4.48. The molecule has 4 rings (SSSR count). The van der Waals surface area contributed by atoms with E-state index in [9.17, 15) is 19.7 Å². The van der Waals surface area contributed by atoms with E-state index >= 15 is 0 Å². The Balaban J connectivity index is 1.72. The third kappa shape index (κ3) is 3.64. The first-order valence-electron chi connectivity index (χ1n) is 9.16. The number of anilines is 1. The zero-order valence-corrected chi connectivity index (χ0v) is 17.8. The van der Waals surface area contributed by atoms with E-state index in [0.29, 0.717) is 10.6 Å². The van der Waals surface area contributed by atoms with Gasteiger partial charge in [-0.25, -0.2) is 19.8 Å². The Morgan fingerprint density at radius 3 is 2.65 bits per heavy atom. The number of benzene rings is 1. The summed E-state index contributed by atoms with van der Waals surface area (Å²) in [5.41, 5.74) is 1.11. The fraction of sp³-hybridized carbons (Fsp3) is 0.368. The molecule has 0 spiro atoms. The van der Waals surface area contributed by atoms with Crippen molar-refractivity contribution in [1.29, 1.82) is 0 Å². The van der Waals surface area contributed by atoms with Crippen LogP contribution in [0.3, 0.4) is 0 Å². The molecule has 3 heterocycles. The maximum Gasteiger partial charge on any atom is 0.165 e. The molecule has 1 fully saturated rings. The maximum absolute atomic E-state index is 14.7. The number of aliphatic hydroxyl groups is 3. The number of aliphatic hydroxyl groups excluding tert-OH is 2. The Hall–Kier alpha value is -2.05. The van der Waals surface area contributed by atoms with E-state index in [1.165, 1.54) is 43.1 Å². The summed E-state index contributed by atoms with van der Waals surface area (Å²) >= 11 is 12.0. The normalized spacial score (nSPS) is 25.7. The van der Waals surface area contributed by atoms with Crippen molar-refractivity contribution in [2.75, 3.05) is 12.6 Å². The Labute approximate surface area is 185 Å². The predicted molar refractivity (Wildman–Crippen MR) is 110 cm³/mol. The summed E-state index contributed by atoms with van der Waals surface area (Å²) in [5.74, 6) is -0.615. The topological polar surface area (TPSA) is 122 Å². The molecule has 31 heavy (non-hydrogen) atoms. The third-order valence-corrected chi connectivity index (χ3v) is 6.07. The molecule has 0 bridgehead atoms. The Bertz CT molecular complexity index is 1130. The van der Waals surface area contributed by atoms with Crippen molar-refractivity contribution >= 4 is 40.1 Å². The van der Waals surface area contributed by atoms with Gasteiger partial charge in [-0.2, -0.15) is 0 Å². The summed E-state index contributed by atoms with van der Waals surface area (Å²) in [6.45, 7) is 1.41. The van der Waals surface area contributed by atoms with Crippen molar-refractivity contribution in [1.82, 2.24) is 14.5 Å². The lowest BCUT2D eigenvalue weighted by Crippen LogP contribution is -2.45. The van der Waals surface area contributed by atoms with Gasteiger partial charge in [-0.3, -0.25) is 4.84 Å². The molecule has 1 aromatic carbocycles. The highest BCUT2D eigenvalue weighted by atomic mass is 35.5. The van der Waals surface area contributed by atoms with E-state index in [4.69, 9.17) is 32.8 Å². The van der Waals surface area contributed by atoms with E-state index in [1.54, 1.807) is 0 Å². The summed E-state index contributed by atoms with van der Waals surface area (Å²) in [7, 11) is 1.35. The second-order valence-corrected chi connectivity index (χ2v) is 8.13. The van der Waals surface area contributed by atoms with Gasteiger partial charge in [0.05, 0.1) is 22.5 Å². The van der Waals surface area contributed by atoms with Crippen molar-refractivity contribution in [2.24, 2.45) is 0 Å². The fourth-order valence-corrected chi connectivity index (χ4v) is 4.04. The molecule has 3 aromatic rings. The molecule has 166 valence electrons. The van der Waals surface area contributed by atoms with Gasteiger partial charge in [0, 0.05) is 6.20 Å². The van der Waals surface area contributed by atoms with Crippen LogP contribution in [0.25, 0.3) is 11.0 Å². The zero-order valence-electron chi connectivity index (χ0n) is 16.3. The molecule has 4 N–H and O–H groups in total. The fourth-order valence-electron chi connectivity index (χ4n) is 3.74. The number of fused-ring (bicyclic) bond motifs is 1. The maximum atomic E-state index is 14.7. The van der Waals surface area contributed by atoms with Gasteiger partial charge in [-0.1, -0.05) is 29.3 Å². The first-order valence-corrected chi connectivity index (χ1v) is 9.92. The highest BCUT2D eigenvalue weighted by Crippen LogP contribution is 2.42. The molecule has 9 nitrogen and oxygen atoms in total. The van der Waals surface area contributed by atoms with Crippen molar-refractivity contribution in [2.45, 2.75) is 37.1 Å². The molecule has 1 aliphatic heterocycles. The largest absolute Gasteiger partial charge is 0.387 e. The molecule has 2 aromatic heterocycles. The SMILES string of the molecule is CONc1ncnc2c1c(F)cn2C1OC(C(C)(O)c2ccc(Cl)c(Cl)c2)C(O)C1O. The smallest absolute Gasteiger partial charge is 0.165 e. The van der Waals surface area contributed by atoms with Gasteiger partial charge in [-0.05, 0) is 24.6 Å². The summed E-state index contributed by atoms with van der Waals surface area (Å²) < 4.78 is 21.7. The Kier molecular flexibility index (Phi) is 5.81. The van der Waals surface area contributed by atoms with Crippen LogP contribution in [0.1, 0.15) is 18.7 Å². The van der Waals surface area contributed by atoms with Crippen LogP contribution < -0.4 is 5.48 Å². The van der Waals surface area contributed by atoms with Gasteiger partial charge in [0.2, 0.25) is 0 Å². The van der Waals surface area contributed by atoms with Crippen molar-refractivity contribution in [3.05, 3.63) is 52.1 Å². The van der Waals surface area contributed by atoms with Crippen molar-refractivity contribution < 1.29 is 29.3 Å². The molecule has 5 unspecified atom stereocenters. The number of aromatic nitrogens is 3. The van der Waals surface area contributed by atoms with E-state index < -0.39 is 36.0 Å². The Morgan fingerprint density at radius 2 is 1.97 bits per heavy atom.